The molecular formula is C8H11CuNO10. The number of carboxylic acids is 4. The average molecular weight is 345 g/mol. The van der Waals surface area contributed by atoms with Gasteiger partial charge in [-0.25, -0.2) is 9.59 Å². The molecule has 0 heterocycles. The second-order valence-corrected chi connectivity index (χ2v) is 3.10. The summed E-state index contributed by atoms with van der Waals surface area (Å²) >= 11 is 0. The van der Waals surface area contributed by atoms with Gasteiger partial charge in [-0.05, 0) is 0 Å². The minimum absolute atomic E-state index is 0. The topological polar surface area (TPSA) is 221 Å². The van der Waals surface area contributed by atoms with Crippen molar-refractivity contribution < 1.29 is 66.9 Å². The zero-order valence-electron chi connectivity index (χ0n) is 9.61. The Hall–Kier alpha value is -1.72. The van der Waals surface area contributed by atoms with Crippen LogP contribution in [0.25, 0.3) is 0 Å². The molecule has 0 fully saturated rings. The summed E-state index contributed by atoms with van der Waals surface area (Å²) in [6.45, 7) is -0.389. The van der Waals surface area contributed by atoms with Crippen molar-refractivity contribution in [2.75, 3.05) is 6.54 Å². The van der Waals surface area contributed by atoms with Crippen molar-refractivity contribution in [2.45, 2.75) is 18.1 Å². The first-order valence-corrected chi connectivity index (χ1v) is 4.45. The Bertz CT molecular complexity index is 372. The Balaban J connectivity index is -0.000000414. The quantitative estimate of drug-likeness (QED) is 0.285. The number of aliphatic hydroxyl groups excluding tert-OH is 1. The van der Waals surface area contributed by atoms with Crippen LogP contribution in [0.5, 0.6) is 0 Å². The number of carbonyl (C=O) groups excluding carboxylic acids is 2. The molecule has 0 aliphatic heterocycles. The van der Waals surface area contributed by atoms with E-state index in [-0.39, 0.29) is 23.6 Å². The van der Waals surface area contributed by atoms with E-state index in [0.717, 1.165) is 0 Å². The van der Waals surface area contributed by atoms with E-state index in [1.54, 1.807) is 0 Å². The Labute approximate surface area is 122 Å². The molecule has 0 aromatic carbocycles. The zero-order valence-corrected chi connectivity index (χ0v) is 10.6. The van der Waals surface area contributed by atoms with Gasteiger partial charge >= 0.3 is 29.0 Å². The largest absolute Gasteiger partial charge is 2.00 e. The molecule has 6 N–H and O–H groups in total. The Morgan fingerprint density at radius 1 is 1.10 bits per heavy atom. The number of aliphatic hydroxyl groups is 2. The number of nitrogens with two attached hydrogens (primary N) is 1. The molecule has 20 heavy (non-hydrogen) atoms. The molecule has 0 aromatic heterocycles. The summed E-state index contributed by atoms with van der Waals surface area (Å²) in [5.74, 6) is -7.41. The zero-order chi connectivity index (χ0) is 15.8. The van der Waals surface area contributed by atoms with E-state index in [1.807, 2.05) is 0 Å². The molecule has 11 nitrogen and oxygen atoms in total. The van der Waals surface area contributed by atoms with Crippen molar-refractivity contribution >= 4 is 23.9 Å². The molecule has 0 amide bonds. The third kappa shape index (κ3) is 8.39. The minimum Gasteiger partial charge on any atom is -0.550 e. The predicted octanol–water partition coefficient (Wildman–Crippen LogP) is -5.92. The first kappa shape index (κ1) is 23.4. The van der Waals surface area contributed by atoms with Gasteiger partial charge in [0.2, 0.25) is 5.60 Å². The second kappa shape index (κ2) is 10.1. The van der Waals surface area contributed by atoms with E-state index in [1.165, 1.54) is 0 Å². The summed E-state index contributed by atoms with van der Waals surface area (Å²) < 4.78 is 0. The molecule has 12 heteroatoms. The number of carboxylic acid groups (broad SMARTS) is 4. The van der Waals surface area contributed by atoms with Gasteiger partial charge in [0.15, 0.2) is 6.10 Å². The summed E-state index contributed by atoms with van der Waals surface area (Å²) in [5, 5.41) is 53.5. The Morgan fingerprint density at radius 2 is 1.45 bits per heavy atom. The van der Waals surface area contributed by atoms with Gasteiger partial charge in [0, 0.05) is 18.9 Å². The van der Waals surface area contributed by atoms with E-state index in [4.69, 9.17) is 30.3 Å². The van der Waals surface area contributed by atoms with Crippen molar-refractivity contribution in [3.8, 4) is 0 Å². The fourth-order valence-corrected chi connectivity index (χ4v) is 0.714. The number of hydrogen-bond acceptors (Lipinski definition) is 9. The Morgan fingerprint density at radius 3 is 1.60 bits per heavy atom. The maximum absolute atomic E-state index is 10.3. The van der Waals surface area contributed by atoms with E-state index in [0.29, 0.717) is 0 Å². The van der Waals surface area contributed by atoms with Gasteiger partial charge in [0.1, 0.15) is 0 Å². The van der Waals surface area contributed by atoms with Crippen LogP contribution in [0.4, 0.5) is 0 Å². The predicted molar refractivity (Wildman–Crippen MR) is 49.9 cm³/mol. The van der Waals surface area contributed by atoms with Crippen LogP contribution in [0.3, 0.4) is 0 Å². The molecule has 2 atom stereocenters. The normalized spacial score (nSPS) is 13.6. The summed E-state index contributed by atoms with van der Waals surface area (Å²) in [4.78, 5) is 39.6. The van der Waals surface area contributed by atoms with E-state index in [9.17, 15) is 19.5 Å². The summed E-state index contributed by atoms with van der Waals surface area (Å²) in [7, 11) is 0. The maximum Gasteiger partial charge on any atom is 2.00 e. The van der Waals surface area contributed by atoms with Gasteiger partial charge in [0.05, 0.1) is 5.97 Å². The first-order chi connectivity index (χ1) is 8.48. The monoisotopic (exact) mass is 344 g/mol. The summed E-state index contributed by atoms with van der Waals surface area (Å²) in [5.41, 5.74) is 1.22. The van der Waals surface area contributed by atoms with Crippen LogP contribution in [0.15, 0.2) is 0 Å². The maximum atomic E-state index is 10.3. The molecule has 1 radical (unpaired) electrons. The van der Waals surface area contributed by atoms with E-state index in [2.05, 4.69) is 5.73 Å². The minimum atomic E-state index is -3.29. The fraction of sp³-hybridized carbons (Fsp3) is 0.500. The van der Waals surface area contributed by atoms with Crippen LogP contribution in [0, 0.1) is 0 Å². The van der Waals surface area contributed by atoms with Gasteiger partial charge < -0.3 is 46.0 Å². The smallest absolute Gasteiger partial charge is 0.550 e. The summed E-state index contributed by atoms with van der Waals surface area (Å²) in [6, 6.07) is 0. The third-order valence-corrected chi connectivity index (χ3v) is 1.64. The Kier molecular flexibility index (Phi) is 11.8. The molecule has 119 valence electrons. The van der Waals surface area contributed by atoms with Gasteiger partial charge in [-0.15, -0.1) is 0 Å². The van der Waals surface area contributed by atoms with Gasteiger partial charge in [-0.1, -0.05) is 0 Å². The molecule has 0 saturated heterocycles. The van der Waals surface area contributed by atoms with Crippen molar-refractivity contribution in [3.63, 3.8) is 0 Å². The van der Waals surface area contributed by atoms with Crippen LogP contribution in [0.1, 0.15) is 6.42 Å². The van der Waals surface area contributed by atoms with Gasteiger partial charge in [0.25, 0.3) is 0 Å². The molecule has 0 aromatic rings. The molecule has 0 spiro atoms. The molecule has 0 aliphatic carbocycles. The number of carbonyl (C=O) groups is 4. The molecule has 0 aliphatic rings. The van der Waals surface area contributed by atoms with Crippen molar-refractivity contribution in [1.82, 2.24) is 0 Å². The van der Waals surface area contributed by atoms with Crippen LogP contribution >= 0.6 is 0 Å². The number of hydrogen-bond donors (Lipinski definition) is 5. The van der Waals surface area contributed by atoms with Crippen LogP contribution in [-0.4, -0.2) is 62.6 Å². The second-order valence-electron chi connectivity index (χ2n) is 3.10. The van der Waals surface area contributed by atoms with Crippen molar-refractivity contribution in [3.05, 3.63) is 0 Å². The van der Waals surface area contributed by atoms with E-state index < -0.39 is 42.0 Å². The molecule has 0 bridgehead atoms. The van der Waals surface area contributed by atoms with E-state index >= 15 is 0 Å². The van der Waals surface area contributed by atoms with Crippen molar-refractivity contribution in [2.24, 2.45) is 5.73 Å². The number of aliphatic carboxylic acids is 4. The molecule has 2 unspecified atom stereocenters. The average Bonchev–Trinajstić information content (AvgIpc) is 2.27. The molecule has 0 rings (SSSR count). The van der Waals surface area contributed by atoms with Crippen LogP contribution in [0.2, 0.25) is 0 Å². The fourth-order valence-electron chi connectivity index (χ4n) is 0.714. The molecular weight excluding hydrogens is 334 g/mol. The summed E-state index contributed by atoms with van der Waals surface area (Å²) in [6.07, 6.45) is -4.26. The van der Waals surface area contributed by atoms with Crippen molar-refractivity contribution in [1.29, 1.82) is 0 Å². The van der Waals surface area contributed by atoms with Gasteiger partial charge in [-0.3, -0.25) is 0 Å². The molecule has 0 saturated carbocycles. The third-order valence-electron chi connectivity index (χ3n) is 1.64. The van der Waals surface area contributed by atoms with Crippen LogP contribution in [-0.2, 0) is 36.2 Å². The SMILES string of the molecule is NCC(=O)[O-].O=C([O-])CC(O)(C(=O)O)C(O)C(=O)O.[Cu+2]. The standard InChI is InChI=1S/C6H8O8.C2H5NO2.Cu/c7-2(8)1-6(14,5(12)13)3(9)4(10)11;3-1-2(4)5;/h3,9,14H,1H2,(H,7,8)(H,10,11)(H,12,13);1,3H2,(H,4,5);/q;;+2/p-2. The van der Waals surface area contributed by atoms with Gasteiger partial charge in [-0.2, -0.15) is 0 Å². The first-order valence-electron chi connectivity index (χ1n) is 4.45. The van der Waals surface area contributed by atoms with Crippen LogP contribution < -0.4 is 15.9 Å². The number of rotatable bonds is 6.